The molecule has 2 aromatic rings. The van der Waals surface area contributed by atoms with Crippen molar-refractivity contribution < 1.29 is 28.6 Å². The summed E-state index contributed by atoms with van der Waals surface area (Å²) >= 11 is 0. The van der Waals surface area contributed by atoms with Gasteiger partial charge in [-0.05, 0) is 18.2 Å². The molecule has 0 unspecified atom stereocenters. The number of amides is 1. The quantitative estimate of drug-likeness (QED) is 0.790. The maximum atomic E-state index is 12.6. The predicted molar refractivity (Wildman–Crippen MR) is 89.0 cm³/mol. The van der Waals surface area contributed by atoms with Crippen molar-refractivity contribution in [2.24, 2.45) is 0 Å². The van der Waals surface area contributed by atoms with E-state index in [1.807, 2.05) is 0 Å². The van der Waals surface area contributed by atoms with Crippen molar-refractivity contribution in [3.05, 3.63) is 46.3 Å². The highest BCUT2D eigenvalue weighted by atomic mass is 16.5. The van der Waals surface area contributed by atoms with E-state index in [0.717, 1.165) is 5.69 Å². The molecule has 3 rings (SSSR count). The number of hydrogen-bond donors (Lipinski definition) is 2. The van der Waals surface area contributed by atoms with Gasteiger partial charge in [0.05, 0.1) is 44.2 Å². The minimum atomic E-state index is -0.649. The van der Waals surface area contributed by atoms with Crippen LogP contribution >= 0.6 is 0 Å². The smallest absolute Gasteiger partial charge is 0.339 e. The molecular formula is C17H17N3O6. The lowest BCUT2D eigenvalue weighted by Gasteiger charge is -2.13. The van der Waals surface area contributed by atoms with E-state index in [4.69, 9.17) is 9.47 Å². The highest BCUT2D eigenvalue weighted by molar-refractivity contribution is 6.08. The number of nitrogens with zero attached hydrogens (tertiary/aromatic N) is 1. The molecule has 2 heterocycles. The average molecular weight is 359 g/mol. The lowest BCUT2D eigenvalue weighted by atomic mass is 10.1. The van der Waals surface area contributed by atoms with Crippen LogP contribution < -0.4 is 5.32 Å². The van der Waals surface area contributed by atoms with Crippen LogP contribution in [0.1, 0.15) is 42.5 Å². The molecule has 1 aromatic carbocycles. The van der Waals surface area contributed by atoms with Crippen LogP contribution in [0.4, 0.5) is 5.69 Å². The second kappa shape index (κ2) is 7.36. The van der Waals surface area contributed by atoms with Crippen molar-refractivity contribution >= 4 is 23.5 Å². The van der Waals surface area contributed by atoms with Crippen LogP contribution in [0.5, 0.6) is 0 Å². The van der Waals surface area contributed by atoms with E-state index in [1.165, 1.54) is 32.4 Å². The van der Waals surface area contributed by atoms with Crippen LogP contribution in [0, 0.1) is 0 Å². The number of benzene rings is 1. The average Bonchev–Trinajstić information content (AvgIpc) is 3.11. The molecular weight excluding hydrogens is 342 g/mol. The molecule has 0 spiro atoms. The van der Waals surface area contributed by atoms with Gasteiger partial charge in [-0.15, -0.1) is 0 Å². The highest BCUT2D eigenvalue weighted by Crippen LogP contribution is 2.23. The zero-order valence-electron chi connectivity index (χ0n) is 14.3. The van der Waals surface area contributed by atoms with Crippen molar-refractivity contribution in [3.8, 4) is 0 Å². The van der Waals surface area contributed by atoms with Gasteiger partial charge in [-0.1, -0.05) is 0 Å². The molecule has 9 nitrogen and oxygen atoms in total. The zero-order valence-corrected chi connectivity index (χ0v) is 14.3. The standard InChI is InChI=1S/C17H17N3O6/c1-24-16(22)9-3-4-10(17(23)25-2)13(7-9)18-15(21)14-11-8-26-6-5-12(11)19-20-14/h3-4,7H,5-6,8H2,1-2H3,(H,18,21)(H,19,20). The summed E-state index contributed by atoms with van der Waals surface area (Å²) in [6, 6.07) is 4.15. The van der Waals surface area contributed by atoms with Crippen LogP contribution in [-0.2, 0) is 27.2 Å². The summed E-state index contributed by atoms with van der Waals surface area (Å²) in [6.45, 7) is 0.838. The minimum absolute atomic E-state index is 0.106. The Kier molecular flexibility index (Phi) is 4.99. The number of rotatable bonds is 4. The number of aromatic nitrogens is 2. The van der Waals surface area contributed by atoms with Crippen LogP contribution in [0.3, 0.4) is 0 Å². The Balaban J connectivity index is 1.94. The Bertz CT molecular complexity index is 873. The van der Waals surface area contributed by atoms with Gasteiger partial charge in [0.25, 0.3) is 5.91 Å². The number of esters is 2. The van der Waals surface area contributed by atoms with Gasteiger partial charge < -0.3 is 19.5 Å². The summed E-state index contributed by atoms with van der Waals surface area (Å²) in [4.78, 5) is 36.3. The highest BCUT2D eigenvalue weighted by Gasteiger charge is 2.24. The Labute approximate surface area is 148 Å². The summed E-state index contributed by atoms with van der Waals surface area (Å²) in [7, 11) is 2.47. The third kappa shape index (κ3) is 3.29. The molecule has 0 fully saturated rings. The Morgan fingerprint density at radius 3 is 2.69 bits per heavy atom. The zero-order chi connectivity index (χ0) is 18.7. The van der Waals surface area contributed by atoms with E-state index < -0.39 is 17.8 Å². The van der Waals surface area contributed by atoms with E-state index in [0.29, 0.717) is 18.6 Å². The van der Waals surface area contributed by atoms with Gasteiger partial charge in [0, 0.05) is 17.7 Å². The van der Waals surface area contributed by atoms with E-state index >= 15 is 0 Å². The molecule has 26 heavy (non-hydrogen) atoms. The molecule has 2 N–H and O–H groups in total. The van der Waals surface area contributed by atoms with Crippen molar-refractivity contribution in [3.63, 3.8) is 0 Å². The number of carbonyl (C=O) groups is 3. The maximum Gasteiger partial charge on any atom is 0.339 e. The van der Waals surface area contributed by atoms with E-state index in [-0.39, 0.29) is 29.1 Å². The third-order valence-electron chi connectivity index (χ3n) is 4.00. The molecule has 1 aliphatic rings. The van der Waals surface area contributed by atoms with Crippen molar-refractivity contribution in [2.45, 2.75) is 13.0 Å². The number of H-pyrrole nitrogens is 1. The molecule has 1 aliphatic heterocycles. The fraction of sp³-hybridized carbons (Fsp3) is 0.294. The van der Waals surface area contributed by atoms with Crippen molar-refractivity contribution in [1.82, 2.24) is 10.2 Å². The number of methoxy groups -OCH3 is 2. The molecule has 0 radical (unpaired) electrons. The molecule has 0 aliphatic carbocycles. The minimum Gasteiger partial charge on any atom is -0.465 e. The molecule has 1 aromatic heterocycles. The fourth-order valence-corrected chi connectivity index (χ4v) is 2.66. The lowest BCUT2D eigenvalue weighted by Crippen LogP contribution is -2.19. The monoisotopic (exact) mass is 359 g/mol. The maximum absolute atomic E-state index is 12.6. The summed E-state index contributed by atoms with van der Waals surface area (Å²) in [6.07, 6.45) is 0.640. The van der Waals surface area contributed by atoms with Crippen LogP contribution in [-0.4, -0.2) is 48.9 Å². The topological polar surface area (TPSA) is 120 Å². The molecule has 0 bridgehead atoms. The SMILES string of the molecule is COC(=O)c1ccc(C(=O)OC)c(NC(=O)c2n[nH]c3c2COCC3)c1. The van der Waals surface area contributed by atoms with Crippen LogP contribution in [0.25, 0.3) is 0 Å². The van der Waals surface area contributed by atoms with Gasteiger partial charge in [-0.3, -0.25) is 9.89 Å². The predicted octanol–water partition coefficient (Wildman–Crippen LogP) is 1.31. The van der Waals surface area contributed by atoms with Crippen molar-refractivity contribution in [1.29, 1.82) is 0 Å². The van der Waals surface area contributed by atoms with Gasteiger partial charge in [0.2, 0.25) is 0 Å². The second-order valence-corrected chi connectivity index (χ2v) is 5.53. The van der Waals surface area contributed by atoms with Gasteiger partial charge in [-0.2, -0.15) is 5.10 Å². The number of nitrogens with one attached hydrogen (secondary N) is 2. The number of hydrogen-bond acceptors (Lipinski definition) is 7. The lowest BCUT2D eigenvalue weighted by molar-refractivity contribution is 0.0587. The van der Waals surface area contributed by atoms with E-state index in [2.05, 4.69) is 20.3 Å². The van der Waals surface area contributed by atoms with Gasteiger partial charge >= 0.3 is 11.9 Å². The Hall–Kier alpha value is -3.20. The molecule has 0 saturated heterocycles. The molecule has 9 heteroatoms. The summed E-state index contributed by atoms with van der Waals surface area (Å²) in [5, 5.41) is 9.47. The van der Waals surface area contributed by atoms with Gasteiger partial charge in [-0.25, -0.2) is 9.59 Å². The van der Waals surface area contributed by atoms with Gasteiger partial charge in [0.15, 0.2) is 5.69 Å². The van der Waals surface area contributed by atoms with E-state index in [9.17, 15) is 14.4 Å². The summed E-state index contributed by atoms with van der Waals surface area (Å²) < 4.78 is 14.8. The number of anilines is 1. The first kappa shape index (κ1) is 17.6. The largest absolute Gasteiger partial charge is 0.465 e. The number of aromatic amines is 1. The molecule has 0 saturated carbocycles. The van der Waals surface area contributed by atoms with E-state index in [1.54, 1.807) is 0 Å². The summed E-state index contributed by atoms with van der Waals surface area (Å²) in [5.74, 6) is -1.77. The number of fused-ring (bicyclic) bond motifs is 1. The summed E-state index contributed by atoms with van der Waals surface area (Å²) in [5.41, 5.74) is 2.12. The first-order valence-corrected chi connectivity index (χ1v) is 7.81. The molecule has 1 amide bonds. The normalized spacial score (nSPS) is 12.8. The number of carbonyl (C=O) groups excluding carboxylic acids is 3. The number of ether oxygens (including phenoxy) is 3. The second-order valence-electron chi connectivity index (χ2n) is 5.53. The van der Waals surface area contributed by atoms with Crippen LogP contribution in [0.2, 0.25) is 0 Å². The van der Waals surface area contributed by atoms with Gasteiger partial charge in [0.1, 0.15) is 0 Å². The molecule has 136 valence electrons. The first-order chi connectivity index (χ1) is 12.5. The van der Waals surface area contributed by atoms with Crippen LogP contribution in [0.15, 0.2) is 18.2 Å². The van der Waals surface area contributed by atoms with Crippen molar-refractivity contribution in [2.75, 3.05) is 26.1 Å². The fourth-order valence-electron chi connectivity index (χ4n) is 2.66. The molecule has 0 atom stereocenters. The first-order valence-electron chi connectivity index (χ1n) is 7.81. The Morgan fingerprint density at radius 2 is 1.96 bits per heavy atom. The Morgan fingerprint density at radius 1 is 1.19 bits per heavy atom. The third-order valence-corrected chi connectivity index (χ3v) is 4.00.